The molecule has 6 nitrogen and oxygen atoms in total. The molecule has 5 aliphatic rings. The van der Waals surface area contributed by atoms with Gasteiger partial charge in [0.05, 0.1) is 13.2 Å². The first-order valence-corrected chi connectivity index (χ1v) is 20.9. The molecule has 0 aromatic rings. The number of alkyl halides is 11. The van der Waals surface area contributed by atoms with Gasteiger partial charge < -0.3 is 19.3 Å². The zero-order valence-corrected chi connectivity index (χ0v) is 34.3. The van der Waals surface area contributed by atoms with Gasteiger partial charge in [-0.2, -0.15) is 39.5 Å². The second kappa shape index (κ2) is 15.5. The van der Waals surface area contributed by atoms with E-state index in [0.717, 1.165) is 0 Å². The SMILES string of the molecule is CCC(C)(I)C(=O)OC1C2CCCCC2C(C(OCC(I)(CC)C(=O)OCC2CC3CC2CC3(O)C(F)(F)F)(C(F)(F)F)C(F)(F)F)C2CCCCC21. The molecule has 0 saturated heterocycles. The van der Waals surface area contributed by atoms with Crippen LogP contribution in [0.15, 0.2) is 0 Å². The number of esters is 2. The molecular weight excluding hydrogens is 953 g/mol. The van der Waals surface area contributed by atoms with Crippen molar-refractivity contribution in [3.05, 3.63) is 0 Å². The summed E-state index contributed by atoms with van der Waals surface area (Å²) in [6.45, 7) is 3.23. The highest BCUT2D eigenvalue weighted by Crippen LogP contribution is 2.64. The third-order valence-corrected chi connectivity index (χ3v) is 16.3. The minimum absolute atomic E-state index is 0.0614. The number of aliphatic hydroxyl groups is 1. The van der Waals surface area contributed by atoms with E-state index in [9.17, 15) is 27.9 Å². The highest BCUT2D eigenvalue weighted by atomic mass is 127. The normalized spacial score (nSPS) is 37.2. The fraction of sp³-hybridized carbons (Fsp3) is 0.944. The zero-order valence-electron chi connectivity index (χ0n) is 29.9. The van der Waals surface area contributed by atoms with Crippen LogP contribution < -0.4 is 0 Å². The lowest BCUT2D eigenvalue weighted by atomic mass is 9.49. The first-order valence-electron chi connectivity index (χ1n) is 18.7. The van der Waals surface area contributed by atoms with Crippen molar-refractivity contribution in [3.8, 4) is 0 Å². The Balaban J connectivity index is 1.43. The van der Waals surface area contributed by atoms with Crippen LogP contribution in [0.2, 0.25) is 0 Å². The molecular formula is C36H49F9I2O6. The van der Waals surface area contributed by atoms with Gasteiger partial charge >= 0.3 is 30.5 Å². The molecule has 0 aliphatic heterocycles. The Morgan fingerprint density at radius 3 is 1.70 bits per heavy atom. The number of hydrogen-bond donors (Lipinski definition) is 1. The molecule has 53 heavy (non-hydrogen) atoms. The van der Waals surface area contributed by atoms with Gasteiger partial charge in [0.2, 0.25) is 0 Å². The Morgan fingerprint density at radius 2 is 1.28 bits per heavy atom. The standard InChI is InChI=1S/C36H49F9I2O6/c1-4-30(3,46)28(48)53-27-24-12-8-6-10-22(24)26(23-11-7-9-13-25(23)27)33(35(40,41)42,36(43,44)45)52-18-31(47,5-2)29(49)51-17-20-15-21-14-19(20)16-32(21,50)34(37,38)39/h19-27,50H,4-18H2,1-3H3. The molecule has 1 N–H and O–H groups in total. The van der Waals surface area contributed by atoms with E-state index in [0.29, 0.717) is 44.9 Å². The van der Waals surface area contributed by atoms with Gasteiger partial charge in [-0.25, -0.2) is 0 Å². The molecule has 2 bridgehead atoms. The molecule has 0 heterocycles. The van der Waals surface area contributed by atoms with Crippen molar-refractivity contribution in [2.45, 2.75) is 147 Å². The van der Waals surface area contributed by atoms with Crippen molar-refractivity contribution in [3.63, 3.8) is 0 Å². The van der Waals surface area contributed by atoms with Crippen molar-refractivity contribution in [1.82, 2.24) is 0 Å². The molecule has 0 spiro atoms. The average Bonchev–Trinajstić information content (AvgIpc) is 3.64. The molecule has 10 atom stereocenters. The van der Waals surface area contributed by atoms with Crippen LogP contribution in [0.3, 0.4) is 0 Å². The molecule has 5 rings (SSSR count). The quantitative estimate of drug-likeness (QED) is 0.0962. The molecule has 5 saturated carbocycles. The number of ether oxygens (including phenoxy) is 3. The summed E-state index contributed by atoms with van der Waals surface area (Å²) in [7, 11) is 0. The van der Waals surface area contributed by atoms with Gasteiger partial charge in [0.1, 0.15) is 12.9 Å². The maximum absolute atomic E-state index is 15.6. The largest absolute Gasteiger partial charge is 0.464 e. The van der Waals surface area contributed by atoms with E-state index < -0.39 is 115 Å². The number of halogens is 11. The average molecular weight is 1000 g/mol. The van der Waals surface area contributed by atoms with Crippen LogP contribution in [-0.2, 0) is 23.8 Å². The third kappa shape index (κ3) is 7.83. The van der Waals surface area contributed by atoms with Crippen LogP contribution in [-0.4, -0.2) is 72.9 Å². The molecule has 17 heteroatoms. The second-order valence-electron chi connectivity index (χ2n) is 16.4. The molecule has 306 valence electrons. The van der Waals surface area contributed by atoms with Gasteiger partial charge in [0, 0.05) is 5.92 Å². The van der Waals surface area contributed by atoms with E-state index in [4.69, 9.17) is 14.2 Å². The van der Waals surface area contributed by atoms with Gasteiger partial charge in [-0.15, -0.1) is 0 Å². The van der Waals surface area contributed by atoms with E-state index in [1.165, 1.54) is 29.5 Å². The summed E-state index contributed by atoms with van der Waals surface area (Å²) in [5.41, 5.74) is -7.49. The Kier molecular flexibility index (Phi) is 12.8. The maximum atomic E-state index is 15.6. The minimum atomic E-state index is -5.94. The van der Waals surface area contributed by atoms with Crippen LogP contribution in [0, 0.1) is 47.3 Å². The molecule has 10 unspecified atom stereocenters. The van der Waals surface area contributed by atoms with E-state index in [-0.39, 0.29) is 38.7 Å². The molecule has 0 aromatic carbocycles. The van der Waals surface area contributed by atoms with Crippen molar-refractivity contribution < 1.29 is 68.4 Å². The van der Waals surface area contributed by atoms with Gasteiger partial charge in [-0.05, 0) is 106 Å². The Bertz CT molecular complexity index is 1300. The summed E-state index contributed by atoms with van der Waals surface area (Å²) >= 11 is 3.44. The van der Waals surface area contributed by atoms with E-state index in [1.54, 1.807) is 13.8 Å². The molecule has 0 amide bonds. The predicted molar refractivity (Wildman–Crippen MR) is 191 cm³/mol. The fourth-order valence-electron chi connectivity index (χ4n) is 10.5. The zero-order chi connectivity index (χ0) is 39.6. The third-order valence-electron chi connectivity index (χ3n) is 13.6. The van der Waals surface area contributed by atoms with Crippen LogP contribution in [0.4, 0.5) is 39.5 Å². The second-order valence-corrected chi connectivity index (χ2v) is 20.9. The van der Waals surface area contributed by atoms with E-state index in [1.807, 2.05) is 22.6 Å². The van der Waals surface area contributed by atoms with Crippen molar-refractivity contribution >= 4 is 57.1 Å². The van der Waals surface area contributed by atoms with Crippen LogP contribution >= 0.6 is 45.2 Å². The first-order chi connectivity index (χ1) is 24.4. The fourth-order valence-corrected chi connectivity index (χ4v) is 10.9. The summed E-state index contributed by atoms with van der Waals surface area (Å²) in [4.78, 5) is 26.8. The first kappa shape index (κ1) is 43.8. The van der Waals surface area contributed by atoms with Gasteiger partial charge in [0.25, 0.3) is 5.60 Å². The van der Waals surface area contributed by atoms with Gasteiger partial charge in [0.15, 0.2) is 5.60 Å². The molecule has 5 aliphatic carbocycles. The highest BCUT2D eigenvalue weighted by Gasteiger charge is 2.79. The predicted octanol–water partition coefficient (Wildman–Crippen LogP) is 10.1. The van der Waals surface area contributed by atoms with Crippen molar-refractivity contribution in [2.24, 2.45) is 47.3 Å². The minimum Gasteiger partial charge on any atom is -0.464 e. The van der Waals surface area contributed by atoms with Gasteiger partial charge in [-0.1, -0.05) is 84.7 Å². The summed E-state index contributed by atoms with van der Waals surface area (Å²) in [6.07, 6.45) is -15.3. The maximum Gasteiger partial charge on any atom is 0.426 e. The summed E-state index contributed by atoms with van der Waals surface area (Å²) in [5, 5.41) is 10.2. The number of fused-ring (bicyclic) bond motifs is 4. The van der Waals surface area contributed by atoms with Crippen molar-refractivity contribution in [2.75, 3.05) is 13.2 Å². The number of rotatable bonds is 11. The molecule has 0 radical (unpaired) electrons. The molecule has 0 aromatic heterocycles. The summed E-state index contributed by atoms with van der Waals surface area (Å²) in [6, 6.07) is 0. The van der Waals surface area contributed by atoms with E-state index >= 15 is 26.3 Å². The van der Waals surface area contributed by atoms with Crippen LogP contribution in [0.5, 0.6) is 0 Å². The highest BCUT2D eigenvalue weighted by molar-refractivity contribution is 14.1. The summed E-state index contributed by atoms with van der Waals surface area (Å²) < 4.78 is 148. The lowest BCUT2D eigenvalue weighted by molar-refractivity contribution is -0.415. The number of hydrogen-bond acceptors (Lipinski definition) is 6. The smallest absolute Gasteiger partial charge is 0.426 e. The Morgan fingerprint density at radius 1 is 0.774 bits per heavy atom. The summed E-state index contributed by atoms with van der Waals surface area (Å²) in [5.74, 6) is -9.72. The lowest BCUT2D eigenvalue weighted by Gasteiger charge is -2.59. The topological polar surface area (TPSA) is 82.1 Å². The van der Waals surface area contributed by atoms with E-state index in [2.05, 4.69) is 0 Å². The number of carbonyl (C=O) groups excluding carboxylic acids is 2. The van der Waals surface area contributed by atoms with Crippen molar-refractivity contribution in [1.29, 1.82) is 0 Å². The molecule has 5 fully saturated rings. The monoisotopic (exact) mass is 1000 g/mol. The number of carbonyl (C=O) groups is 2. The Hall–Kier alpha value is -0.310. The lowest BCUT2D eigenvalue weighted by Crippen LogP contribution is -2.71. The Labute approximate surface area is 331 Å². The van der Waals surface area contributed by atoms with Crippen LogP contribution in [0.1, 0.15) is 104 Å². The van der Waals surface area contributed by atoms with Gasteiger partial charge in [-0.3, -0.25) is 9.59 Å². The van der Waals surface area contributed by atoms with Crippen LogP contribution in [0.25, 0.3) is 0 Å².